The number of piperidine rings is 1. The normalized spacial score (nSPS) is 20.8. The van der Waals surface area contributed by atoms with Crippen LogP contribution in [0.4, 0.5) is 0 Å². The van der Waals surface area contributed by atoms with Crippen LogP contribution in [0.5, 0.6) is 0 Å². The first kappa shape index (κ1) is 14.1. The molecule has 4 nitrogen and oxygen atoms in total. The Hall–Kier alpha value is -1.81. The fourth-order valence-corrected chi connectivity index (χ4v) is 3.07. The Morgan fingerprint density at radius 1 is 1.19 bits per heavy atom. The molecule has 0 unspecified atom stereocenters. The van der Waals surface area contributed by atoms with Crippen LogP contribution in [0.1, 0.15) is 32.3 Å². The molecule has 0 radical (unpaired) electrons. The highest BCUT2D eigenvalue weighted by atomic mass is 15.6. The lowest BCUT2D eigenvalue weighted by Gasteiger charge is -2.38. The maximum Gasteiger partial charge on any atom is 0.154 e. The van der Waals surface area contributed by atoms with Crippen LogP contribution in [0.25, 0.3) is 0 Å². The summed E-state index contributed by atoms with van der Waals surface area (Å²) in [5, 5.41) is 2.15. The zero-order valence-corrected chi connectivity index (χ0v) is 12.9. The maximum absolute atomic E-state index is 4.59. The van der Waals surface area contributed by atoms with Crippen molar-refractivity contribution >= 4 is 5.84 Å². The van der Waals surface area contributed by atoms with Crippen molar-refractivity contribution in [3.8, 4) is 0 Å². The minimum Gasteiger partial charge on any atom is -0.301 e. The largest absolute Gasteiger partial charge is 0.301 e. The van der Waals surface area contributed by atoms with E-state index in [1.54, 1.807) is 0 Å². The fraction of sp³-hybridized carbons (Fsp3) is 0.471. The average molecular weight is 284 g/mol. The van der Waals surface area contributed by atoms with Gasteiger partial charge in [0.1, 0.15) is 5.82 Å². The van der Waals surface area contributed by atoms with Crippen LogP contribution < -0.4 is 5.43 Å². The van der Waals surface area contributed by atoms with Crippen molar-refractivity contribution in [2.24, 2.45) is 4.99 Å². The van der Waals surface area contributed by atoms with Gasteiger partial charge in [-0.05, 0) is 26.7 Å². The number of benzene rings is 1. The summed E-state index contributed by atoms with van der Waals surface area (Å²) in [5.41, 5.74) is 4.55. The maximum atomic E-state index is 4.59. The molecule has 1 aromatic rings. The van der Waals surface area contributed by atoms with Crippen LogP contribution in [-0.2, 0) is 0 Å². The second kappa shape index (κ2) is 5.90. The lowest BCUT2D eigenvalue weighted by Crippen LogP contribution is -2.50. The van der Waals surface area contributed by atoms with E-state index in [1.165, 1.54) is 0 Å². The molecular weight excluding hydrogens is 260 g/mol. The van der Waals surface area contributed by atoms with E-state index in [1.807, 2.05) is 18.2 Å². The summed E-state index contributed by atoms with van der Waals surface area (Å²) in [5.74, 6) is 1.74. The van der Waals surface area contributed by atoms with Crippen molar-refractivity contribution < 1.29 is 0 Å². The number of rotatable bonds is 3. The van der Waals surface area contributed by atoms with Gasteiger partial charge in [0.25, 0.3) is 0 Å². The zero-order chi connectivity index (χ0) is 14.8. The molecule has 21 heavy (non-hydrogen) atoms. The van der Waals surface area contributed by atoms with Crippen LogP contribution in [0, 0.1) is 0 Å². The number of hydrazine groups is 1. The van der Waals surface area contributed by atoms with Gasteiger partial charge in [-0.3, -0.25) is 10.4 Å². The second-order valence-corrected chi connectivity index (χ2v) is 6.09. The van der Waals surface area contributed by atoms with E-state index in [9.17, 15) is 0 Å². The van der Waals surface area contributed by atoms with Crippen molar-refractivity contribution in [2.45, 2.75) is 38.8 Å². The van der Waals surface area contributed by atoms with Crippen molar-refractivity contribution in [1.82, 2.24) is 15.3 Å². The number of likely N-dealkylation sites (tertiary alicyclic amines) is 1. The first-order valence-corrected chi connectivity index (χ1v) is 7.78. The molecule has 1 fully saturated rings. The predicted octanol–water partition coefficient (Wildman–Crippen LogP) is 2.60. The number of hydrogen-bond donors (Lipinski definition) is 1. The topological polar surface area (TPSA) is 30.9 Å². The molecule has 1 N–H and O–H groups in total. The summed E-state index contributed by atoms with van der Waals surface area (Å²) >= 11 is 0. The Bertz CT molecular complexity index is 527. The quantitative estimate of drug-likeness (QED) is 0.925. The average Bonchev–Trinajstić information content (AvgIpc) is 2.90. The molecule has 0 aromatic heterocycles. The molecular formula is C17H24N4. The van der Waals surface area contributed by atoms with E-state index in [0.717, 1.165) is 43.2 Å². The molecule has 0 aliphatic carbocycles. The first-order valence-electron chi connectivity index (χ1n) is 7.78. The summed E-state index contributed by atoms with van der Waals surface area (Å²) in [7, 11) is 0. The minimum atomic E-state index is 0.484. The molecule has 2 aliphatic rings. The number of nitrogens with zero attached hydrogens (tertiary/aromatic N) is 3. The third-order valence-corrected chi connectivity index (χ3v) is 4.39. The van der Waals surface area contributed by atoms with Crippen LogP contribution in [-0.4, -0.2) is 40.9 Å². The van der Waals surface area contributed by atoms with Gasteiger partial charge in [0.2, 0.25) is 0 Å². The van der Waals surface area contributed by atoms with E-state index < -0.39 is 0 Å². The SMILES string of the molecule is C=C1N=C(c2ccccc2)NN1C1CCN(C(C)C)CC1. The summed E-state index contributed by atoms with van der Waals surface area (Å²) in [4.78, 5) is 7.13. The number of nitrogens with one attached hydrogen (secondary N) is 1. The standard InChI is InChI=1S/C17H24N4/c1-13(2)20-11-9-16(10-12-20)21-14(3)18-17(19-21)15-7-5-4-6-8-15/h4-8,13,16H,3,9-12H2,1-2H3,(H,18,19). The van der Waals surface area contributed by atoms with Crippen LogP contribution >= 0.6 is 0 Å². The number of hydrogen-bond acceptors (Lipinski definition) is 4. The van der Waals surface area contributed by atoms with E-state index in [0.29, 0.717) is 12.1 Å². The van der Waals surface area contributed by atoms with E-state index in [4.69, 9.17) is 0 Å². The Balaban J connectivity index is 1.64. The Morgan fingerprint density at radius 3 is 2.48 bits per heavy atom. The lowest BCUT2D eigenvalue weighted by molar-refractivity contribution is 0.103. The van der Waals surface area contributed by atoms with Crippen molar-refractivity contribution in [3.05, 3.63) is 48.3 Å². The molecule has 3 rings (SSSR count). The van der Waals surface area contributed by atoms with E-state index in [2.05, 4.69) is 52.9 Å². The van der Waals surface area contributed by atoms with Gasteiger partial charge in [-0.2, -0.15) is 0 Å². The highest BCUT2D eigenvalue weighted by Gasteiger charge is 2.30. The van der Waals surface area contributed by atoms with Gasteiger partial charge in [-0.15, -0.1) is 0 Å². The fourth-order valence-electron chi connectivity index (χ4n) is 3.07. The van der Waals surface area contributed by atoms with Gasteiger partial charge in [0.05, 0.1) is 6.04 Å². The van der Waals surface area contributed by atoms with Gasteiger partial charge < -0.3 is 4.90 Å². The molecule has 0 bridgehead atoms. The molecule has 0 saturated carbocycles. The summed E-state index contributed by atoms with van der Waals surface area (Å²) < 4.78 is 0. The molecule has 4 heteroatoms. The highest BCUT2D eigenvalue weighted by molar-refractivity contribution is 6.00. The van der Waals surface area contributed by atoms with Crippen LogP contribution in [0.15, 0.2) is 47.7 Å². The highest BCUT2D eigenvalue weighted by Crippen LogP contribution is 2.23. The Labute approximate surface area is 127 Å². The van der Waals surface area contributed by atoms with Gasteiger partial charge in [-0.25, -0.2) is 4.99 Å². The minimum absolute atomic E-state index is 0.484. The molecule has 2 heterocycles. The lowest BCUT2D eigenvalue weighted by atomic mass is 10.0. The predicted molar refractivity (Wildman–Crippen MR) is 86.8 cm³/mol. The Kier molecular flexibility index (Phi) is 3.97. The van der Waals surface area contributed by atoms with Crippen molar-refractivity contribution in [1.29, 1.82) is 0 Å². The van der Waals surface area contributed by atoms with Gasteiger partial charge in [0.15, 0.2) is 5.84 Å². The summed E-state index contributed by atoms with van der Waals surface area (Å²) in [6.07, 6.45) is 2.31. The van der Waals surface area contributed by atoms with Gasteiger partial charge >= 0.3 is 0 Å². The second-order valence-electron chi connectivity index (χ2n) is 6.09. The van der Waals surface area contributed by atoms with Gasteiger partial charge in [-0.1, -0.05) is 36.9 Å². The van der Waals surface area contributed by atoms with Crippen LogP contribution in [0.2, 0.25) is 0 Å². The van der Waals surface area contributed by atoms with E-state index in [-0.39, 0.29) is 0 Å². The molecule has 1 aromatic carbocycles. The third kappa shape index (κ3) is 2.95. The Morgan fingerprint density at radius 2 is 1.86 bits per heavy atom. The number of aliphatic imine (C=N–C) groups is 1. The van der Waals surface area contributed by atoms with Gasteiger partial charge in [0, 0.05) is 24.7 Å². The molecule has 0 spiro atoms. The summed E-state index contributed by atoms with van der Waals surface area (Å²) in [6.45, 7) is 10.9. The van der Waals surface area contributed by atoms with Crippen LogP contribution in [0.3, 0.4) is 0 Å². The zero-order valence-electron chi connectivity index (χ0n) is 12.9. The molecule has 112 valence electrons. The number of amidine groups is 1. The summed E-state index contributed by atoms with van der Waals surface area (Å²) in [6, 6.07) is 11.4. The first-order chi connectivity index (χ1) is 10.1. The van der Waals surface area contributed by atoms with E-state index >= 15 is 0 Å². The molecule has 0 amide bonds. The monoisotopic (exact) mass is 284 g/mol. The molecule has 1 saturated heterocycles. The smallest absolute Gasteiger partial charge is 0.154 e. The van der Waals surface area contributed by atoms with Crippen molar-refractivity contribution in [3.63, 3.8) is 0 Å². The third-order valence-electron chi connectivity index (χ3n) is 4.39. The molecule has 0 atom stereocenters. The molecule has 2 aliphatic heterocycles. The van der Waals surface area contributed by atoms with Crippen molar-refractivity contribution in [2.75, 3.05) is 13.1 Å².